The van der Waals surface area contributed by atoms with Crippen LogP contribution in [0.1, 0.15) is 50.4 Å². The van der Waals surface area contributed by atoms with Gasteiger partial charge in [0.05, 0.1) is 19.6 Å². The highest BCUT2D eigenvalue weighted by atomic mass is 16.5. The minimum Gasteiger partial charge on any atom is -0.497 e. The van der Waals surface area contributed by atoms with Crippen molar-refractivity contribution >= 4 is 30.0 Å². The fraction of sp³-hybridized carbons (Fsp3) is 0.522. The van der Waals surface area contributed by atoms with Crippen LogP contribution in [0.4, 0.5) is 0 Å². The first-order chi connectivity index (χ1) is 15.5. The Balaban J connectivity index is 2.18. The van der Waals surface area contributed by atoms with Crippen molar-refractivity contribution in [3.8, 4) is 5.75 Å². The average Bonchev–Trinajstić information content (AvgIpc) is 3.25. The second-order valence-electron chi connectivity index (χ2n) is 9.04. The molecule has 0 bridgehead atoms. The second kappa shape index (κ2) is 10.9. The lowest BCUT2D eigenvalue weighted by Crippen LogP contribution is -2.58. The molecule has 10 heteroatoms. The van der Waals surface area contributed by atoms with Crippen molar-refractivity contribution in [1.82, 2.24) is 15.5 Å². The van der Waals surface area contributed by atoms with Crippen LogP contribution >= 0.6 is 0 Å². The first-order valence-corrected chi connectivity index (χ1v) is 10.7. The third-order valence-corrected chi connectivity index (χ3v) is 5.47. The molecular weight excluding hydrogens is 430 g/mol. The van der Waals surface area contributed by atoms with Crippen molar-refractivity contribution in [3.05, 3.63) is 29.8 Å². The first kappa shape index (κ1) is 25.8. The molecule has 1 saturated heterocycles. The fourth-order valence-corrected chi connectivity index (χ4v) is 3.67. The van der Waals surface area contributed by atoms with Gasteiger partial charge in [-0.2, -0.15) is 0 Å². The van der Waals surface area contributed by atoms with E-state index in [1.807, 2.05) is 20.8 Å². The van der Waals surface area contributed by atoms with Crippen LogP contribution in [0.3, 0.4) is 0 Å². The summed E-state index contributed by atoms with van der Waals surface area (Å²) in [5.74, 6) is -2.07. The molecular formula is C23H31N3O7. The van der Waals surface area contributed by atoms with E-state index in [1.165, 1.54) is 12.0 Å². The zero-order valence-electron chi connectivity index (χ0n) is 19.3. The Kier molecular flexibility index (Phi) is 8.56. The molecule has 1 aromatic rings. The van der Waals surface area contributed by atoms with Crippen molar-refractivity contribution in [2.24, 2.45) is 5.41 Å². The number of likely N-dealkylation sites (tertiary alicyclic amines) is 1. The zero-order chi connectivity index (χ0) is 24.8. The molecule has 0 saturated carbocycles. The van der Waals surface area contributed by atoms with E-state index in [0.29, 0.717) is 37.0 Å². The van der Waals surface area contributed by atoms with Crippen molar-refractivity contribution in [2.75, 3.05) is 13.7 Å². The molecule has 3 N–H and O–H groups in total. The molecule has 33 heavy (non-hydrogen) atoms. The maximum atomic E-state index is 13.5. The summed E-state index contributed by atoms with van der Waals surface area (Å²) in [6, 6.07) is 3.52. The highest BCUT2D eigenvalue weighted by molar-refractivity contribution is 5.99. The van der Waals surface area contributed by atoms with E-state index in [4.69, 9.17) is 9.84 Å². The predicted octanol–water partition coefficient (Wildman–Crippen LogP) is 0.989. The van der Waals surface area contributed by atoms with Gasteiger partial charge < -0.3 is 30.2 Å². The molecule has 3 unspecified atom stereocenters. The number of carbonyl (C=O) groups is 5. The van der Waals surface area contributed by atoms with E-state index >= 15 is 0 Å². The van der Waals surface area contributed by atoms with Gasteiger partial charge in [-0.15, -0.1) is 0 Å². The summed E-state index contributed by atoms with van der Waals surface area (Å²) < 4.78 is 5.10. The molecule has 1 aliphatic heterocycles. The van der Waals surface area contributed by atoms with Gasteiger partial charge in [-0.3, -0.25) is 19.2 Å². The number of benzene rings is 1. The van der Waals surface area contributed by atoms with Gasteiger partial charge in [0.2, 0.25) is 11.8 Å². The number of hydrogen-bond donors (Lipinski definition) is 3. The van der Waals surface area contributed by atoms with Gasteiger partial charge in [0, 0.05) is 12.1 Å². The first-order valence-electron chi connectivity index (χ1n) is 10.7. The molecule has 10 nitrogen and oxygen atoms in total. The monoisotopic (exact) mass is 461 g/mol. The molecule has 0 aliphatic carbocycles. The standard InChI is InChI=1S/C23H31N3O7/c1-23(2,3)19(25-20(30)14-7-9-16(33-4)10-8-14)22(32)26-11-5-6-17(26)21(31)24-15(13-27)12-18(28)29/h7-10,13,15,17,19H,5-6,11-12H2,1-4H3,(H,24,31)(H,25,30)(H,28,29). The minimum absolute atomic E-state index is 0.312. The predicted molar refractivity (Wildman–Crippen MR) is 119 cm³/mol. The summed E-state index contributed by atoms with van der Waals surface area (Å²) in [5, 5.41) is 14.1. The Bertz CT molecular complexity index is 892. The van der Waals surface area contributed by atoms with Crippen molar-refractivity contribution < 1.29 is 33.8 Å². The van der Waals surface area contributed by atoms with Gasteiger partial charge in [0.1, 0.15) is 24.1 Å². The van der Waals surface area contributed by atoms with Gasteiger partial charge >= 0.3 is 5.97 Å². The number of nitrogens with one attached hydrogen (secondary N) is 2. The number of ether oxygens (including phenoxy) is 1. The zero-order valence-corrected chi connectivity index (χ0v) is 19.3. The quantitative estimate of drug-likeness (QED) is 0.466. The van der Waals surface area contributed by atoms with Crippen LogP contribution < -0.4 is 15.4 Å². The Hall–Kier alpha value is -3.43. The number of aldehydes is 1. The summed E-state index contributed by atoms with van der Waals surface area (Å²) in [5.41, 5.74) is -0.298. The van der Waals surface area contributed by atoms with Gasteiger partial charge in [-0.25, -0.2) is 0 Å². The van der Waals surface area contributed by atoms with Gasteiger partial charge in [-0.05, 0) is 42.5 Å². The number of rotatable bonds is 9. The number of carbonyl (C=O) groups excluding carboxylic acids is 4. The molecule has 1 heterocycles. The largest absolute Gasteiger partial charge is 0.497 e. The molecule has 0 aromatic heterocycles. The number of methoxy groups -OCH3 is 1. The third-order valence-electron chi connectivity index (χ3n) is 5.47. The molecule has 2 rings (SSSR count). The summed E-state index contributed by atoms with van der Waals surface area (Å²) in [6.07, 6.45) is 0.760. The number of carboxylic acids is 1. The molecule has 1 aromatic carbocycles. The maximum absolute atomic E-state index is 13.5. The highest BCUT2D eigenvalue weighted by Gasteiger charge is 2.42. The Morgan fingerprint density at radius 2 is 1.82 bits per heavy atom. The van der Waals surface area contributed by atoms with Crippen molar-refractivity contribution in [3.63, 3.8) is 0 Å². The number of hydrogen-bond acceptors (Lipinski definition) is 6. The molecule has 1 aliphatic rings. The lowest BCUT2D eigenvalue weighted by Gasteiger charge is -2.35. The van der Waals surface area contributed by atoms with Crippen LogP contribution in [-0.2, 0) is 19.2 Å². The maximum Gasteiger partial charge on any atom is 0.305 e. The number of amides is 3. The summed E-state index contributed by atoms with van der Waals surface area (Å²) in [7, 11) is 1.52. The van der Waals surface area contributed by atoms with Gasteiger partial charge in [-0.1, -0.05) is 20.8 Å². The van der Waals surface area contributed by atoms with Crippen LogP contribution in [0.5, 0.6) is 5.75 Å². The number of aliphatic carboxylic acids is 1. The Morgan fingerprint density at radius 3 is 2.33 bits per heavy atom. The fourth-order valence-electron chi connectivity index (χ4n) is 3.67. The molecule has 1 fully saturated rings. The smallest absolute Gasteiger partial charge is 0.305 e. The van der Waals surface area contributed by atoms with Crippen LogP contribution in [0.2, 0.25) is 0 Å². The second-order valence-corrected chi connectivity index (χ2v) is 9.04. The topological polar surface area (TPSA) is 142 Å². The lowest BCUT2D eigenvalue weighted by molar-refractivity contribution is -0.143. The minimum atomic E-state index is -1.22. The average molecular weight is 462 g/mol. The van der Waals surface area contributed by atoms with Crippen molar-refractivity contribution in [1.29, 1.82) is 0 Å². The van der Waals surface area contributed by atoms with E-state index < -0.39 is 53.7 Å². The van der Waals surface area contributed by atoms with Crippen molar-refractivity contribution in [2.45, 2.75) is 58.2 Å². The highest BCUT2D eigenvalue weighted by Crippen LogP contribution is 2.26. The molecule has 0 radical (unpaired) electrons. The van der Waals surface area contributed by atoms with E-state index in [9.17, 15) is 24.0 Å². The summed E-state index contributed by atoms with van der Waals surface area (Å²) in [4.78, 5) is 62.4. The van der Waals surface area contributed by atoms with Gasteiger partial charge in [0.15, 0.2) is 0 Å². The van der Waals surface area contributed by atoms with E-state index in [2.05, 4.69) is 10.6 Å². The molecule has 3 atom stereocenters. The molecule has 3 amide bonds. The van der Waals surface area contributed by atoms with Crippen LogP contribution in [0, 0.1) is 5.41 Å². The van der Waals surface area contributed by atoms with Crippen LogP contribution in [0.15, 0.2) is 24.3 Å². The van der Waals surface area contributed by atoms with Crippen LogP contribution in [0.25, 0.3) is 0 Å². The Morgan fingerprint density at radius 1 is 1.18 bits per heavy atom. The Labute approximate surface area is 192 Å². The summed E-state index contributed by atoms with van der Waals surface area (Å²) in [6.45, 7) is 5.74. The van der Waals surface area contributed by atoms with E-state index in [0.717, 1.165) is 0 Å². The summed E-state index contributed by atoms with van der Waals surface area (Å²) >= 11 is 0. The molecule has 0 spiro atoms. The van der Waals surface area contributed by atoms with E-state index in [-0.39, 0.29) is 0 Å². The molecule has 180 valence electrons. The van der Waals surface area contributed by atoms with Gasteiger partial charge in [0.25, 0.3) is 5.91 Å². The SMILES string of the molecule is COc1ccc(C(=O)NC(C(=O)N2CCCC2C(=O)NC(C=O)CC(=O)O)C(C)(C)C)cc1. The van der Waals surface area contributed by atoms with Crippen LogP contribution in [-0.4, -0.2) is 71.8 Å². The van der Waals surface area contributed by atoms with E-state index in [1.54, 1.807) is 24.3 Å². The number of nitrogens with zero attached hydrogens (tertiary/aromatic N) is 1. The number of carboxylic acid groups (broad SMARTS) is 1. The third kappa shape index (κ3) is 6.77. The lowest BCUT2D eigenvalue weighted by atomic mass is 9.85. The normalized spacial score (nSPS) is 17.6.